The van der Waals surface area contributed by atoms with Crippen LogP contribution in [0.3, 0.4) is 0 Å². The van der Waals surface area contributed by atoms with E-state index in [0.29, 0.717) is 6.61 Å². The molecule has 1 aliphatic rings. The number of H-pyrrole nitrogens is 1. The molecular formula is C20H23N3O2. The second-order valence-corrected chi connectivity index (χ2v) is 6.25. The van der Waals surface area contributed by atoms with Crippen LogP contribution in [0, 0.1) is 0 Å². The minimum atomic E-state index is 0.542. The number of anilines is 1. The van der Waals surface area contributed by atoms with Crippen LogP contribution in [0.5, 0.6) is 11.6 Å². The second kappa shape index (κ2) is 7.07. The van der Waals surface area contributed by atoms with E-state index in [9.17, 15) is 0 Å². The van der Waals surface area contributed by atoms with Gasteiger partial charge in [-0.3, -0.25) is 0 Å². The summed E-state index contributed by atoms with van der Waals surface area (Å²) in [4.78, 5) is 5.75. The number of ether oxygens (including phenoxy) is 2. The van der Waals surface area contributed by atoms with E-state index in [1.165, 1.54) is 5.69 Å². The highest BCUT2D eigenvalue weighted by atomic mass is 16.5. The van der Waals surface area contributed by atoms with Crippen LogP contribution in [0.4, 0.5) is 5.69 Å². The van der Waals surface area contributed by atoms with Crippen LogP contribution in [-0.2, 0) is 6.61 Å². The molecule has 0 spiro atoms. The van der Waals surface area contributed by atoms with E-state index in [0.717, 1.165) is 54.3 Å². The van der Waals surface area contributed by atoms with Gasteiger partial charge in [0, 0.05) is 49.4 Å². The van der Waals surface area contributed by atoms with E-state index in [1.54, 1.807) is 7.11 Å². The molecule has 1 aromatic heterocycles. The Hall–Kier alpha value is -2.66. The molecule has 1 saturated heterocycles. The average molecular weight is 337 g/mol. The zero-order valence-electron chi connectivity index (χ0n) is 14.4. The summed E-state index contributed by atoms with van der Waals surface area (Å²) in [5.74, 6) is 1.63. The molecule has 4 rings (SSSR count). The minimum absolute atomic E-state index is 0.542. The predicted octanol–water partition coefficient (Wildman–Crippen LogP) is 3.17. The topological polar surface area (TPSA) is 49.5 Å². The van der Waals surface area contributed by atoms with Crippen LogP contribution in [0.15, 0.2) is 48.5 Å². The summed E-state index contributed by atoms with van der Waals surface area (Å²) >= 11 is 0. The number of nitrogens with zero attached hydrogens (tertiary/aromatic N) is 1. The third-order valence-electron chi connectivity index (χ3n) is 4.60. The largest absolute Gasteiger partial charge is 0.496 e. The van der Waals surface area contributed by atoms with Crippen LogP contribution in [0.1, 0.15) is 5.56 Å². The second-order valence-electron chi connectivity index (χ2n) is 6.25. The molecule has 2 heterocycles. The molecule has 2 aromatic carbocycles. The fraction of sp³-hybridized carbons (Fsp3) is 0.300. The molecule has 0 aliphatic carbocycles. The van der Waals surface area contributed by atoms with Gasteiger partial charge in [0.05, 0.1) is 12.6 Å². The first-order valence-electron chi connectivity index (χ1n) is 8.66. The maximum atomic E-state index is 5.93. The van der Waals surface area contributed by atoms with Gasteiger partial charge in [0.2, 0.25) is 0 Å². The first-order chi connectivity index (χ1) is 12.3. The Morgan fingerprint density at radius 2 is 1.84 bits per heavy atom. The monoisotopic (exact) mass is 337 g/mol. The Kier molecular flexibility index (Phi) is 4.48. The van der Waals surface area contributed by atoms with Gasteiger partial charge < -0.3 is 24.7 Å². The summed E-state index contributed by atoms with van der Waals surface area (Å²) in [5.41, 5.74) is 3.37. The number of aromatic nitrogens is 1. The first-order valence-corrected chi connectivity index (χ1v) is 8.66. The lowest BCUT2D eigenvalue weighted by molar-refractivity contribution is 0.296. The van der Waals surface area contributed by atoms with Gasteiger partial charge in [-0.15, -0.1) is 0 Å². The number of aromatic amines is 1. The van der Waals surface area contributed by atoms with Crippen LogP contribution in [0.2, 0.25) is 0 Å². The number of hydrogen-bond acceptors (Lipinski definition) is 4. The highest BCUT2D eigenvalue weighted by Crippen LogP contribution is 2.34. The fourth-order valence-electron chi connectivity index (χ4n) is 3.25. The van der Waals surface area contributed by atoms with Gasteiger partial charge in [0.1, 0.15) is 12.4 Å². The standard InChI is InChI=1S/C20H23N3O2/c1-24-19-12-16(23-9-7-21-8-10-23)11-18-17(19)13-20(22-18)25-14-15-5-3-2-4-6-15/h2-6,11-13,21-22H,7-10,14H2,1H3. The van der Waals surface area contributed by atoms with Gasteiger partial charge in [0.15, 0.2) is 5.88 Å². The highest BCUT2D eigenvalue weighted by Gasteiger charge is 2.15. The van der Waals surface area contributed by atoms with Crippen molar-refractivity contribution < 1.29 is 9.47 Å². The van der Waals surface area contributed by atoms with Gasteiger partial charge in [-0.25, -0.2) is 0 Å². The minimum Gasteiger partial charge on any atom is -0.496 e. The molecule has 130 valence electrons. The quantitative estimate of drug-likeness (QED) is 0.751. The number of methoxy groups -OCH3 is 1. The number of nitrogens with one attached hydrogen (secondary N) is 2. The van der Waals surface area contributed by atoms with Crippen LogP contribution < -0.4 is 19.7 Å². The Bertz CT molecular complexity index is 839. The molecule has 1 aliphatic heterocycles. The number of benzene rings is 2. The number of fused-ring (bicyclic) bond motifs is 1. The van der Waals surface area contributed by atoms with Crippen molar-refractivity contribution in [1.82, 2.24) is 10.3 Å². The zero-order chi connectivity index (χ0) is 17.1. The highest BCUT2D eigenvalue weighted by molar-refractivity contribution is 5.91. The summed E-state index contributed by atoms with van der Waals surface area (Å²) in [7, 11) is 1.72. The maximum Gasteiger partial charge on any atom is 0.192 e. The molecule has 5 nitrogen and oxygen atoms in total. The van der Waals surface area contributed by atoms with Gasteiger partial charge in [0.25, 0.3) is 0 Å². The molecule has 5 heteroatoms. The molecule has 2 N–H and O–H groups in total. The molecular weight excluding hydrogens is 314 g/mol. The predicted molar refractivity (Wildman–Crippen MR) is 101 cm³/mol. The SMILES string of the molecule is COc1cc(N2CCNCC2)cc2[nH]c(OCc3ccccc3)cc12. The van der Waals surface area contributed by atoms with E-state index < -0.39 is 0 Å². The number of hydrogen-bond donors (Lipinski definition) is 2. The molecule has 0 amide bonds. The molecule has 1 fully saturated rings. The molecule has 0 bridgehead atoms. The lowest BCUT2D eigenvalue weighted by atomic mass is 10.2. The van der Waals surface area contributed by atoms with E-state index in [2.05, 4.69) is 39.5 Å². The van der Waals surface area contributed by atoms with Crippen molar-refractivity contribution in [1.29, 1.82) is 0 Å². The van der Waals surface area contributed by atoms with Crippen molar-refractivity contribution in [3.05, 3.63) is 54.1 Å². The molecule has 3 aromatic rings. The van der Waals surface area contributed by atoms with Crippen molar-refractivity contribution in [2.75, 3.05) is 38.2 Å². The normalized spacial score (nSPS) is 14.7. The van der Waals surface area contributed by atoms with Crippen molar-refractivity contribution in [2.45, 2.75) is 6.61 Å². The first kappa shape index (κ1) is 15.8. The van der Waals surface area contributed by atoms with Gasteiger partial charge in [-0.2, -0.15) is 0 Å². The Balaban J connectivity index is 1.60. The van der Waals surface area contributed by atoms with Crippen LogP contribution in [0.25, 0.3) is 10.9 Å². The Morgan fingerprint density at radius 3 is 2.60 bits per heavy atom. The maximum absolute atomic E-state index is 5.93. The van der Waals surface area contributed by atoms with Crippen molar-refractivity contribution >= 4 is 16.6 Å². The van der Waals surface area contributed by atoms with Crippen LogP contribution in [-0.4, -0.2) is 38.3 Å². The average Bonchev–Trinajstić information content (AvgIpc) is 3.10. The summed E-state index contributed by atoms with van der Waals surface area (Å²) in [6.07, 6.45) is 0. The smallest absolute Gasteiger partial charge is 0.192 e. The molecule has 25 heavy (non-hydrogen) atoms. The summed E-state index contributed by atoms with van der Waals surface area (Å²) in [6.45, 7) is 4.58. The van der Waals surface area contributed by atoms with E-state index >= 15 is 0 Å². The van der Waals surface area contributed by atoms with E-state index in [-0.39, 0.29) is 0 Å². The number of rotatable bonds is 5. The lowest BCUT2D eigenvalue weighted by Gasteiger charge is -2.29. The van der Waals surface area contributed by atoms with E-state index in [1.807, 2.05) is 24.3 Å². The van der Waals surface area contributed by atoms with Gasteiger partial charge in [-0.05, 0) is 11.6 Å². The summed E-state index contributed by atoms with van der Waals surface area (Å²) in [6, 6.07) is 16.5. The Labute approximate surface area is 147 Å². The van der Waals surface area contributed by atoms with Crippen molar-refractivity contribution in [3.63, 3.8) is 0 Å². The van der Waals surface area contributed by atoms with Crippen LogP contribution >= 0.6 is 0 Å². The fourth-order valence-corrected chi connectivity index (χ4v) is 3.25. The molecule has 0 saturated carbocycles. The van der Waals surface area contributed by atoms with Gasteiger partial charge in [-0.1, -0.05) is 30.3 Å². The third kappa shape index (κ3) is 3.42. The Morgan fingerprint density at radius 1 is 1.04 bits per heavy atom. The summed E-state index contributed by atoms with van der Waals surface area (Å²) in [5, 5.41) is 4.43. The summed E-state index contributed by atoms with van der Waals surface area (Å²) < 4.78 is 11.5. The van der Waals surface area contributed by atoms with E-state index in [4.69, 9.17) is 9.47 Å². The van der Waals surface area contributed by atoms with Gasteiger partial charge >= 0.3 is 0 Å². The van der Waals surface area contributed by atoms with Crippen molar-refractivity contribution in [2.24, 2.45) is 0 Å². The zero-order valence-corrected chi connectivity index (χ0v) is 14.4. The molecule has 0 atom stereocenters. The molecule has 0 unspecified atom stereocenters. The number of piperazine rings is 1. The van der Waals surface area contributed by atoms with Crippen molar-refractivity contribution in [3.8, 4) is 11.6 Å². The third-order valence-corrected chi connectivity index (χ3v) is 4.60. The lowest BCUT2D eigenvalue weighted by Crippen LogP contribution is -2.43. The molecule has 0 radical (unpaired) electrons.